The SMILES string of the molecule is C.COc1ccc(F)cc1[C@@H](Oc1ccc2c(cnn2-c2ccc(F)cc2)c1)[C@H](C)NC(=O)C(C)(C)F. The van der Waals surface area contributed by atoms with Gasteiger partial charge in [0.1, 0.15) is 29.2 Å². The Bertz CT molecular complexity index is 1380. The van der Waals surface area contributed by atoms with Crippen molar-refractivity contribution >= 4 is 16.8 Å². The van der Waals surface area contributed by atoms with Gasteiger partial charge < -0.3 is 14.8 Å². The molecule has 37 heavy (non-hydrogen) atoms. The van der Waals surface area contributed by atoms with Gasteiger partial charge in [-0.2, -0.15) is 5.10 Å². The zero-order valence-electron chi connectivity index (χ0n) is 20.3. The van der Waals surface area contributed by atoms with E-state index in [1.54, 1.807) is 48.1 Å². The van der Waals surface area contributed by atoms with Crippen LogP contribution in [0.25, 0.3) is 16.6 Å². The molecule has 0 bridgehead atoms. The molecule has 9 heteroatoms. The van der Waals surface area contributed by atoms with Crippen molar-refractivity contribution in [3.63, 3.8) is 0 Å². The van der Waals surface area contributed by atoms with Crippen molar-refractivity contribution in [2.45, 2.75) is 46.0 Å². The molecule has 4 rings (SSSR count). The van der Waals surface area contributed by atoms with Gasteiger partial charge in [0.25, 0.3) is 5.91 Å². The Hall–Kier alpha value is -4.01. The van der Waals surface area contributed by atoms with Gasteiger partial charge in [-0.3, -0.25) is 4.79 Å². The van der Waals surface area contributed by atoms with Gasteiger partial charge in [0, 0.05) is 10.9 Å². The highest BCUT2D eigenvalue weighted by atomic mass is 19.1. The van der Waals surface area contributed by atoms with Gasteiger partial charge in [0.2, 0.25) is 0 Å². The van der Waals surface area contributed by atoms with Crippen molar-refractivity contribution in [2.75, 3.05) is 7.11 Å². The summed E-state index contributed by atoms with van der Waals surface area (Å²) in [5, 5.41) is 7.74. The van der Waals surface area contributed by atoms with E-state index in [1.807, 2.05) is 0 Å². The maximum absolute atomic E-state index is 14.2. The number of hydrogen-bond acceptors (Lipinski definition) is 4. The van der Waals surface area contributed by atoms with Gasteiger partial charge in [0.15, 0.2) is 5.67 Å². The summed E-state index contributed by atoms with van der Waals surface area (Å²) in [5.74, 6) is -0.915. The summed E-state index contributed by atoms with van der Waals surface area (Å²) in [6, 6.07) is 14.4. The molecule has 0 fully saturated rings. The number of rotatable bonds is 8. The van der Waals surface area contributed by atoms with E-state index in [4.69, 9.17) is 9.47 Å². The Morgan fingerprint density at radius 3 is 2.35 bits per heavy atom. The monoisotopic (exact) mass is 513 g/mol. The first-order valence-corrected chi connectivity index (χ1v) is 11.3. The second kappa shape index (κ2) is 10.9. The van der Waals surface area contributed by atoms with E-state index in [2.05, 4.69) is 10.4 Å². The minimum Gasteiger partial charge on any atom is -0.496 e. The fourth-order valence-corrected chi connectivity index (χ4v) is 3.84. The topological polar surface area (TPSA) is 65.4 Å². The van der Waals surface area contributed by atoms with Crippen LogP contribution in [0.4, 0.5) is 13.2 Å². The summed E-state index contributed by atoms with van der Waals surface area (Å²) >= 11 is 0. The highest BCUT2D eigenvalue weighted by Gasteiger charge is 2.32. The summed E-state index contributed by atoms with van der Waals surface area (Å²) in [6.45, 7) is 3.95. The van der Waals surface area contributed by atoms with E-state index < -0.39 is 29.5 Å². The Labute approximate surface area is 214 Å². The van der Waals surface area contributed by atoms with Crippen LogP contribution in [0.1, 0.15) is 39.9 Å². The van der Waals surface area contributed by atoms with Crippen LogP contribution < -0.4 is 14.8 Å². The number of halogens is 3. The van der Waals surface area contributed by atoms with E-state index in [9.17, 15) is 18.0 Å². The lowest BCUT2D eigenvalue weighted by Crippen LogP contribution is -2.46. The molecule has 0 aliphatic carbocycles. The molecule has 1 amide bonds. The van der Waals surface area contributed by atoms with Crippen LogP contribution in [-0.4, -0.2) is 34.5 Å². The number of aromatic nitrogens is 2. The minimum absolute atomic E-state index is 0. The third-order valence-corrected chi connectivity index (χ3v) is 5.72. The van der Waals surface area contributed by atoms with Gasteiger partial charge in [-0.05, 0) is 81.4 Å². The number of benzene rings is 3. The Balaban J connectivity index is 0.00000380. The largest absolute Gasteiger partial charge is 0.496 e. The normalized spacial score (nSPS) is 12.9. The molecule has 1 N–H and O–H groups in total. The van der Waals surface area contributed by atoms with E-state index >= 15 is 0 Å². The van der Waals surface area contributed by atoms with Gasteiger partial charge in [-0.15, -0.1) is 0 Å². The number of carbonyl (C=O) groups is 1. The average molecular weight is 514 g/mol. The summed E-state index contributed by atoms with van der Waals surface area (Å²) < 4.78 is 55.0. The molecule has 1 aromatic heterocycles. The maximum Gasteiger partial charge on any atom is 0.257 e. The third-order valence-electron chi connectivity index (χ3n) is 5.72. The summed E-state index contributed by atoms with van der Waals surface area (Å²) in [4.78, 5) is 12.3. The summed E-state index contributed by atoms with van der Waals surface area (Å²) in [7, 11) is 1.44. The van der Waals surface area contributed by atoms with E-state index in [1.165, 1.54) is 37.4 Å². The van der Waals surface area contributed by atoms with Crippen molar-refractivity contribution in [2.24, 2.45) is 0 Å². The molecule has 0 spiro atoms. The number of methoxy groups -OCH3 is 1. The third kappa shape index (κ3) is 6.04. The minimum atomic E-state index is -2.11. The van der Waals surface area contributed by atoms with Crippen LogP contribution in [0.2, 0.25) is 0 Å². The first-order chi connectivity index (χ1) is 17.1. The lowest BCUT2D eigenvalue weighted by molar-refractivity contribution is -0.132. The quantitative estimate of drug-likeness (QED) is 0.299. The first kappa shape index (κ1) is 27.6. The highest BCUT2D eigenvalue weighted by molar-refractivity contribution is 5.84. The number of nitrogens with zero attached hydrogens (tertiary/aromatic N) is 2. The molecule has 1 heterocycles. The van der Waals surface area contributed by atoms with E-state index in [0.29, 0.717) is 22.7 Å². The van der Waals surface area contributed by atoms with Gasteiger partial charge >= 0.3 is 0 Å². The van der Waals surface area contributed by atoms with E-state index in [0.717, 1.165) is 24.8 Å². The van der Waals surface area contributed by atoms with Crippen LogP contribution in [-0.2, 0) is 4.79 Å². The van der Waals surface area contributed by atoms with Crippen molar-refractivity contribution in [1.29, 1.82) is 0 Å². The first-order valence-electron chi connectivity index (χ1n) is 11.3. The molecule has 0 radical (unpaired) electrons. The highest BCUT2D eigenvalue weighted by Crippen LogP contribution is 2.34. The van der Waals surface area contributed by atoms with Crippen LogP contribution in [0, 0.1) is 11.6 Å². The number of nitrogens with one attached hydrogen (secondary N) is 1. The number of ether oxygens (including phenoxy) is 2. The fourth-order valence-electron chi connectivity index (χ4n) is 3.84. The van der Waals surface area contributed by atoms with Crippen molar-refractivity contribution in [3.05, 3.63) is 84.1 Å². The smallest absolute Gasteiger partial charge is 0.257 e. The second-order valence-corrected chi connectivity index (χ2v) is 8.91. The predicted octanol–water partition coefficient (Wildman–Crippen LogP) is 6.32. The lowest BCUT2D eigenvalue weighted by atomic mass is 10.0. The summed E-state index contributed by atoms with van der Waals surface area (Å²) in [5.41, 5.74) is -0.315. The molecule has 0 saturated carbocycles. The number of carbonyl (C=O) groups excluding carboxylic acids is 1. The van der Waals surface area contributed by atoms with Crippen molar-refractivity contribution < 1.29 is 27.4 Å². The van der Waals surface area contributed by atoms with Crippen LogP contribution in [0.5, 0.6) is 11.5 Å². The lowest BCUT2D eigenvalue weighted by Gasteiger charge is -2.29. The standard InChI is InChI=1S/C27H26F3N3O3.CH4/c1-16(32-26(34)27(2,3)30)25(22-14-19(29)7-12-24(22)35-4)36-21-10-11-23-17(13-21)15-31-33(23)20-8-5-18(28)6-9-20;/h5-16,25H,1-4H3,(H,32,34);1H4/t16-,25-;/m0./s1. The van der Waals surface area contributed by atoms with Crippen molar-refractivity contribution in [3.8, 4) is 17.2 Å². The second-order valence-electron chi connectivity index (χ2n) is 8.91. The van der Waals surface area contributed by atoms with Gasteiger partial charge in [0.05, 0.1) is 30.6 Å². The molecule has 4 aromatic rings. The Morgan fingerprint density at radius 1 is 1.03 bits per heavy atom. The molecule has 3 aromatic carbocycles. The Morgan fingerprint density at radius 2 is 1.70 bits per heavy atom. The predicted molar refractivity (Wildman–Crippen MR) is 137 cm³/mol. The molecule has 196 valence electrons. The molecule has 0 aliphatic rings. The summed E-state index contributed by atoms with van der Waals surface area (Å²) in [6.07, 6.45) is 0.728. The van der Waals surface area contributed by atoms with Crippen LogP contribution in [0.15, 0.2) is 66.9 Å². The molecule has 0 unspecified atom stereocenters. The van der Waals surface area contributed by atoms with Crippen LogP contribution >= 0.6 is 0 Å². The van der Waals surface area contributed by atoms with Gasteiger partial charge in [-0.1, -0.05) is 7.43 Å². The molecule has 6 nitrogen and oxygen atoms in total. The number of alkyl halides is 1. The number of hydrogen-bond donors (Lipinski definition) is 1. The zero-order chi connectivity index (χ0) is 26.0. The van der Waals surface area contributed by atoms with Crippen molar-refractivity contribution in [1.82, 2.24) is 15.1 Å². The fraction of sp³-hybridized carbons (Fsp3) is 0.286. The molecule has 0 aliphatic heterocycles. The zero-order valence-corrected chi connectivity index (χ0v) is 20.3. The molecular formula is C28H30F3N3O3. The number of fused-ring (bicyclic) bond motifs is 1. The van der Waals surface area contributed by atoms with Gasteiger partial charge in [-0.25, -0.2) is 17.9 Å². The average Bonchev–Trinajstić information content (AvgIpc) is 3.25. The Kier molecular flexibility index (Phi) is 8.15. The van der Waals surface area contributed by atoms with Crippen LogP contribution in [0.3, 0.4) is 0 Å². The van der Waals surface area contributed by atoms with E-state index in [-0.39, 0.29) is 13.2 Å². The molecular weight excluding hydrogens is 483 g/mol. The molecule has 2 atom stereocenters. The molecule has 0 saturated heterocycles. The maximum atomic E-state index is 14.2. The number of amides is 1.